The van der Waals surface area contributed by atoms with E-state index in [9.17, 15) is 19.2 Å². The number of hydrogen-bond acceptors (Lipinski definition) is 7. The minimum atomic E-state index is -0.860. The Labute approximate surface area is 238 Å². The molecule has 2 aliphatic heterocycles. The van der Waals surface area contributed by atoms with E-state index in [2.05, 4.69) is 10.6 Å². The standard InChI is InChI=1S/C29H37ClN4O6/c1-14(32-26(36)17-4-5-21(31)20(30)12-17)28(38)34-6-2-3-23(34)27(37)33-22-13-24(35)39-29(22)40-25-18-8-15-7-16(10-18)11-19(25)9-15/h4-5,12,14-16,18-19,22-23,25,29H,2-3,6-11,13,31H2,1H3,(H,32,36)(H,33,37)/t14-,15?,16?,18?,19?,22-,23-,25?,29-/m0/s1. The highest BCUT2D eigenvalue weighted by Gasteiger charge is 2.51. The molecule has 4 N–H and O–H groups in total. The smallest absolute Gasteiger partial charge is 0.310 e. The lowest BCUT2D eigenvalue weighted by molar-refractivity contribution is -0.216. The van der Waals surface area contributed by atoms with Crippen LogP contribution in [0, 0.1) is 23.7 Å². The number of ether oxygens (including phenoxy) is 2. The number of nitrogens with two attached hydrogens (primary N) is 1. The topological polar surface area (TPSA) is 140 Å². The van der Waals surface area contributed by atoms with Gasteiger partial charge in [-0.2, -0.15) is 0 Å². The molecule has 0 radical (unpaired) electrons. The van der Waals surface area contributed by atoms with Crippen LogP contribution < -0.4 is 16.4 Å². The van der Waals surface area contributed by atoms with E-state index >= 15 is 0 Å². The third-order valence-corrected chi connectivity index (χ3v) is 9.87. The van der Waals surface area contributed by atoms with Gasteiger partial charge in [-0.05, 0) is 93.7 Å². The molecular weight excluding hydrogens is 536 g/mol. The molecule has 4 bridgehead atoms. The van der Waals surface area contributed by atoms with Gasteiger partial charge in [0.05, 0.1) is 23.2 Å². The SMILES string of the molecule is C[C@H](NC(=O)c1ccc(N)c(Cl)c1)C(=O)N1CCC[C@H]1C(=O)N[C@H]1CC(=O)O[C@H]1OC1C2CC3CC(C2)CC1C3. The van der Waals surface area contributed by atoms with Crippen molar-refractivity contribution >= 4 is 41.0 Å². The number of anilines is 1. The summed E-state index contributed by atoms with van der Waals surface area (Å²) in [4.78, 5) is 53.1. The minimum Gasteiger partial charge on any atom is -0.433 e. The zero-order chi connectivity index (χ0) is 28.1. The fraction of sp³-hybridized carbons (Fsp3) is 0.655. The number of rotatable bonds is 7. The maximum atomic E-state index is 13.4. The quantitative estimate of drug-likeness (QED) is 0.337. The van der Waals surface area contributed by atoms with Crippen molar-refractivity contribution < 1.29 is 28.7 Å². The maximum Gasteiger partial charge on any atom is 0.310 e. The molecule has 0 spiro atoms. The molecule has 4 aliphatic carbocycles. The lowest BCUT2D eigenvalue weighted by atomic mass is 9.55. The van der Waals surface area contributed by atoms with E-state index in [1.165, 1.54) is 55.2 Å². The normalized spacial score (nSPS) is 35.0. The van der Waals surface area contributed by atoms with E-state index in [-0.39, 0.29) is 34.9 Å². The predicted octanol–water partition coefficient (Wildman–Crippen LogP) is 2.63. The number of benzene rings is 1. The number of halogens is 1. The van der Waals surface area contributed by atoms with E-state index in [1.54, 1.807) is 6.92 Å². The van der Waals surface area contributed by atoms with Crippen molar-refractivity contribution in [2.45, 2.75) is 88.8 Å². The largest absolute Gasteiger partial charge is 0.433 e. The van der Waals surface area contributed by atoms with Gasteiger partial charge < -0.3 is 30.7 Å². The third kappa shape index (κ3) is 5.28. The zero-order valence-electron chi connectivity index (χ0n) is 22.6. The van der Waals surface area contributed by atoms with Crippen LogP contribution >= 0.6 is 11.6 Å². The first-order valence-electron chi connectivity index (χ1n) is 14.5. The molecule has 6 fully saturated rings. The van der Waals surface area contributed by atoms with Crippen LogP contribution in [0.4, 0.5) is 5.69 Å². The number of nitrogens with zero attached hydrogens (tertiary/aromatic N) is 1. The summed E-state index contributed by atoms with van der Waals surface area (Å²) in [5.41, 5.74) is 6.35. The number of amides is 3. The Balaban J connectivity index is 1.06. The number of hydrogen-bond donors (Lipinski definition) is 3. The molecule has 11 heteroatoms. The zero-order valence-corrected chi connectivity index (χ0v) is 23.4. The summed E-state index contributed by atoms with van der Waals surface area (Å²) < 4.78 is 12.0. The van der Waals surface area contributed by atoms with Crippen molar-refractivity contribution in [3.63, 3.8) is 0 Å². The molecule has 0 unspecified atom stereocenters. The van der Waals surface area contributed by atoms with Gasteiger partial charge in [-0.1, -0.05) is 11.6 Å². The molecule has 6 aliphatic rings. The highest BCUT2D eigenvalue weighted by molar-refractivity contribution is 6.33. The fourth-order valence-electron chi connectivity index (χ4n) is 7.87. The van der Waals surface area contributed by atoms with Gasteiger partial charge in [-0.15, -0.1) is 0 Å². The number of carbonyl (C=O) groups is 4. The van der Waals surface area contributed by atoms with Crippen molar-refractivity contribution in [3.05, 3.63) is 28.8 Å². The molecule has 4 saturated carbocycles. The lowest BCUT2D eigenvalue weighted by Crippen LogP contribution is -2.56. The second-order valence-corrected chi connectivity index (χ2v) is 12.7. The van der Waals surface area contributed by atoms with Crippen LogP contribution in [0.25, 0.3) is 0 Å². The molecule has 0 aromatic heterocycles. The monoisotopic (exact) mass is 572 g/mol. The molecule has 1 aromatic carbocycles. The van der Waals surface area contributed by atoms with Crippen LogP contribution in [0.1, 0.15) is 68.6 Å². The highest BCUT2D eigenvalue weighted by Crippen LogP contribution is 2.55. The van der Waals surface area contributed by atoms with Crippen molar-refractivity contribution in [2.24, 2.45) is 23.7 Å². The van der Waals surface area contributed by atoms with Gasteiger partial charge in [-0.3, -0.25) is 19.2 Å². The fourth-order valence-corrected chi connectivity index (χ4v) is 8.05. The third-order valence-electron chi connectivity index (χ3n) is 9.54. The molecule has 2 saturated heterocycles. The van der Waals surface area contributed by atoms with Gasteiger partial charge in [0.1, 0.15) is 18.1 Å². The van der Waals surface area contributed by atoms with Gasteiger partial charge in [0, 0.05) is 12.1 Å². The van der Waals surface area contributed by atoms with Crippen molar-refractivity contribution in [1.82, 2.24) is 15.5 Å². The Hall–Kier alpha value is -2.85. The van der Waals surface area contributed by atoms with Gasteiger partial charge in [-0.25, -0.2) is 0 Å². The average Bonchev–Trinajstić information content (AvgIpc) is 3.53. The van der Waals surface area contributed by atoms with Crippen LogP contribution in [0.15, 0.2) is 18.2 Å². The summed E-state index contributed by atoms with van der Waals surface area (Å²) in [6.45, 7) is 1.99. The average molecular weight is 573 g/mol. The molecule has 3 amide bonds. The van der Waals surface area contributed by atoms with Gasteiger partial charge in [0.25, 0.3) is 5.91 Å². The number of carbonyl (C=O) groups excluding carboxylic acids is 4. The number of likely N-dealkylation sites (tertiary alicyclic amines) is 1. The second kappa shape index (κ2) is 10.9. The second-order valence-electron chi connectivity index (χ2n) is 12.3. The number of esters is 1. The first-order chi connectivity index (χ1) is 19.2. The van der Waals surface area contributed by atoms with E-state index in [4.69, 9.17) is 26.8 Å². The first-order valence-corrected chi connectivity index (χ1v) is 14.9. The molecule has 1 aromatic rings. The van der Waals surface area contributed by atoms with Crippen LogP contribution in [0.3, 0.4) is 0 Å². The Bertz CT molecular complexity index is 1180. The summed E-state index contributed by atoms with van der Waals surface area (Å²) in [5.74, 6) is 1.04. The Kier molecular flexibility index (Phi) is 7.41. The van der Waals surface area contributed by atoms with Crippen molar-refractivity contribution in [1.29, 1.82) is 0 Å². The molecule has 216 valence electrons. The summed E-state index contributed by atoms with van der Waals surface area (Å²) in [6.07, 6.45) is 6.49. The summed E-state index contributed by atoms with van der Waals surface area (Å²) in [6, 6.07) is 2.36. The highest BCUT2D eigenvalue weighted by atomic mass is 35.5. The minimum absolute atomic E-state index is 0.0426. The summed E-state index contributed by atoms with van der Waals surface area (Å²) in [5, 5.41) is 5.90. The van der Waals surface area contributed by atoms with Gasteiger partial charge >= 0.3 is 5.97 Å². The van der Waals surface area contributed by atoms with E-state index in [0.29, 0.717) is 36.9 Å². The molecule has 40 heavy (non-hydrogen) atoms. The van der Waals surface area contributed by atoms with Gasteiger partial charge in [0.15, 0.2) is 0 Å². The number of nitrogen functional groups attached to an aromatic ring is 1. The molecule has 7 rings (SSSR count). The first kappa shape index (κ1) is 27.3. The Morgan fingerprint density at radius 1 is 1.12 bits per heavy atom. The van der Waals surface area contributed by atoms with E-state index in [1.807, 2.05) is 0 Å². The number of nitrogens with one attached hydrogen (secondary N) is 2. The van der Waals surface area contributed by atoms with Gasteiger partial charge in [0.2, 0.25) is 18.1 Å². The predicted molar refractivity (Wildman–Crippen MR) is 146 cm³/mol. The molecular formula is C29H37ClN4O6. The molecule has 4 atom stereocenters. The molecule has 10 nitrogen and oxygen atoms in total. The number of cyclic esters (lactones) is 1. The van der Waals surface area contributed by atoms with Crippen LogP contribution in [0.5, 0.6) is 0 Å². The van der Waals surface area contributed by atoms with E-state index in [0.717, 1.165) is 11.8 Å². The van der Waals surface area contributed by atoms with E-state index < -0.39 is 36.3 Å². The van der Waals surface area contributed by atoms with Crippen molar-refractivity contribution in [2.75, 3.05) is 12.3 Å². The lowest BCUT2D eigenvalue weighted by Gasteiger charge is -2.54. The molecule has 2 heterocycles. The maximum absolute atomic E-state index is 13.4. The van der Waals surface area contributed by atoms with Crippen molar-refractivity contribution in [3.8, 4) is 0 Å². The summed E-state index contributed by atoms with van der Waals surface area (Å²) >= 11 is 6.03. The Morgan fingerprint density at radius 3 is 2.50 bits per heavy atom. The summed E-state index contributed by atoms with van der Waals surface area (Å²) in [7, 11) is 0. The van der Waals surface area contributed by atoms with Crippen LogP contribution in [-0.4, -0.2) is 65.7 Å². The van der Waals surface area contributed by atoms with Crippen LogP contribution in [0.2, 0.25) is 5.02 Å². The van der Waals surface area contributed by atoms with Crippen LogP contribution in [-0.2, 0) is 23.9 Å². The Morgan fingerprint density at radius 2 is 1.82 bits per heavy atom.